The summed E-state index contributed by atoms with van der Waals surface area (Å²) in [6.45, 7) is 9.44. The summed E-state index contributed by atoms with van der Waals surface area (Å²) in [7, 11) is 2.26. The Morgan fingerprint density at radius 1 is 1.08 bits per heavy atom. The van der Waals surface area contributed by atoms with Crippen molar-refractivity contribution in [2.24, 2.45) is 0 Å². The lowest BCUT2D eigenvalue weighted by atomic mass is 10.2. The Balaban J connectivity index is 0. The van der Waals surface area contributed by atoms with Gasteiger partial charge in [-0.05, 0) is 13.0 Å². The van der Waals surface area contributed by atoms with Crippen LogP contribution < -0.4 is 10.6 Å². The molecule has 0 aliphatic rings. The fourth-order valence-electron chi connectivity index (χ4n) is 1.35. The van der Waals surface area contributed by atoms with Crippen LogP contribution in [0.25, 0.3) is 0 Å². The largest absolute Gasteiger partial charge is 0.453 e. The molecule has 0 aliphatic carbocycles. The molecule has 1 aromatic heterocycles. The number of nitro groups is 1. The number of hydrogen-bond donors (Lipinski definition) is 2. The Hall–Kier alpha value is -2.91. The van der Waals surface area contributed by atoms with Crippen molar-refractivity contribution in [1.82, 2.24) is 4.98 Å². The normalized spacial score (nSPS) is 8.46. The molecular weight excluding hydrogens is 320 g/mol. The molecule has 1 aromatic rings. The lowest BCUT2D eigenvalue weighted by Gasteiger charge is -2.09. The molecule has 0 radical (unpaired) electrons. The van der Waals surface area contributed by atoms with Gasteiger partial charge in [-0.1, -0.05) is 27.7 Å². The molecule has 0 saturated heterocycles. The predicted octanol–water partition coefficient (Wildman–Crippen LogP) is 3.71. The van der Waals surface area contributed by atoms with Gasteiger partial charge in [0.15, 0.2) is 0 Å². The van der Waals surface area contributed by atoms with E-state index in [4.69, 9.17) is 0 Å². The summed E-state index contributed by atoms with van der Waals surface area (Å²) in [5.74, 6) is -0.348. The van der Waals surface area contributed by atoms with Crippen molar-refractivity contribution in [2.45, 2.75) is 34.6 Å². The first-order valence-corrected chi connectivity index (χ1v) is 7.25. The van der Waals surface area contributed by atoms with Crippen LogP contribution in [0.3, 0.4) is 0 Å². The Labute approximate surface area is 140 Å². The quantitative estimate of drug-likeness (QED) is 0.630. The SMILES string of the molecule is CC.CC.COC(=O)Nc1cc(C)c([N+](=O)[O-])c(NC(=O)OC)n1. The highest BCUT2D eigenvalue weighted by molar-refractivity contribution is 5.89. The zero-order valence-electron chi connectivity index (χ0n) is 14.9. The number of amides is 2. The van der Waals surface area contributed by atoms with Crippen LogP contribution in [0, 0.1) is 17.0 Å². The van der Waals surface area contributed by atoms with Gasteiger partial charge >= 0.3 is 17.9 Å². The molecule has 0 fully saturated rings. The van der Waals surface area contributed by atoms with Gasteiger partial charge in [-0.25, -0.2) is 14.6 Å². The van der Waals surface area contributed by atoms with E-state index in [-0.39, 0.29) is 17.2 Å². The number of nitrogens with zero attached hydrogens (tertiary/aromatic N) is 2. The molecule has 10 heteroatoms. The number of methoxy groups -OCH3 is 2. The maximum absolute atomic E-state index is 11.1. The highest BCUT2D eigenvalue weighted by Gasteiger charge is 2.23. The van der Waals surface area contributed by atoms with Gasteiger partial charge in [0.2, 0.25) is 5.82 Å². The topological polar surface area (TPSA) is 133 Å². The first kappa shape index (κ1) is 23.4. The summed E-state index contributed by atoms with van der Waals surface area (Å²) >= 11 is 0. The van der Waals surface area contributed by atoms with Crippen LogP contribution in [0.15, 0.2) is 6.07 Å². The maximum atomic E-state index is 11.1. The average Bonchev–Trinajstić information content (AvgIpc) is 2.57. The standard InChI is InChI=1S/C10H12N4O6.2C2H6/c1-5-4-6(12-9(15)19-2)11-8(7(5)14(17)18)13-10(16)20-3;2*1-2/h4H,1-3H3,(H2,11,12,13,15,16);2*1-2H3. The molecule has 0 atom stereocenters. The zero-order valence-corrected chi connectivity index (χ0v) is 14.9. The maximum Gasteiger partial charge on any atom is 0.412 e. The fourth-order valence-corrected chi connectivity index (χ4v) is 1.35. The van der Waals surface area contributed by atoms with Crippen LogP contribution in [0.1, 0.15) is 33.3 Å². The second-order valence-corrected chi connectivity index (χ2v) is 3.51. The molecule has 0 bridgehead atoms. The van der Waals surface area contributed by atoms with Gasteiger partial charge in [-0.2, -0.15) is 0 Å². The number of pyridine rings is 1. The first-order chi connectivity index (χ1) is 11.4. The van der Waals surface area contributed by atoms with Crippen LogP contribution in [-0.2, 0) is 9.47 Å². The van der Waals surface area contributed by atoms with Gasteiger partial charge in [0, 0.05) is 5.56 Å². The lowest BCUT2D eigenvalue weighted by molar-refractivity contribution is -0.384. The molecule has 2 amide bonds. The minimum atomic E-state index is -0.921. The molecule has 1 heterocycles. The van der Waals surface area contributed by atoms with Gasteiger partial charge in [0.25, 0.3) is 0 Å². The van der Waals surface area contributed by atoms with E-state index >= 15 is 0 Å². The summed E-state index contributed by atoms with van der Waals surface area (Å²) in [5.41, 5.74) is -0.200. The van der Waals surface area contributed by atoms with Crippen molar-refractivity contribution >= 4 is 29.5 Å². The van der Waals surface area contributed by atoms with Gasteiger partial charge in [-0.15, -0.1) is 0 Å². The average molecular weight is 344 g/mol. The minimum Gasteiger partial charge on any atom is -0.453 e. The summed E-state index contributed by atoms with van der Waals surface area (Å²) in [4.78, 5) is 36.3. The third-order valence-electron chi connectivity index (χ3n) is 2.19. The van der Waals surface area contributed by atoms with Crippen LogP contribution in [0.2, 0.25) is 0 Å². The molecule has 0 aliphatic heterocycles. The number of anilines is 2. The molecule has 2 N–H and O–H groups in total. The highest BCUT2D eigenvalue weighted by atomic mass is 16.6. The van der Waals surface area contributed by atoms with E-state index in [9.17, 15) is 19.7 Å². The molecule has 0 spiro atoms. The summed E-state index contributed by atoms with van der Waals surface area (Å²) in [5, 5.41) is 15.3. The van der Waals surface area contributed by atoms with Crippen molar-refractivity contribution in [1.29, 1.82) is 0 Å². The van der Waals surface area contributed by atoms with Crippen molar-refractivity contribution < 1.29 is 24.0 Å². The summed E-state index contributed by atoms with van der Waals surface area (Å²) < 4.78 is 8.72. The molecule has 0 saturated carbocycles. The van der Waals surface area contributed by atoms with Crippen LogP contribution in [0.4, 0.5) is 26.9 Å². The Kier molecular flexibility index (Phi) is 12.3. The van der Waals surface area contributed by atoms with Crippen LogP contribution in [-0.4, -0.2) is 36.3 Å². The van der Waals surface area contributed by atoms with E-state index in [1.807, 2.05) is 27.7 Å². The van der Waals surface area contributed by atoms with Gasteiger partial charge in [0.1, 0.15) is 5.82 Å². The molecular formula is C14H24N4O6. The van der Waals surface area contributed by atoms with Crippen molar-refractivity contribution in [3.63, 3.8) is 0 Å². The Morgan fingerprint density at radius 3 is 1.96 bits per heavy atom. The molecule has 136 valence electrons. The number of hydrogen-bond acceptors (Lipinski definition) is 7. The number of carbonyl (C=O) groups excluding carboxylic acids is 2. The molecule has 24 heavy (non-hydrogen) atoms. The molecule has 10 nitrogen and oxygen atoms in total. The Bertz CT molecular complexity index is 562. The van der Waals surface area contributed by atoms with Crippen molar-refractivity contribution in [3.05, 3.63) is 21.7 Å². The Morgan fingerprint density at radius 2 is 1.54 bits per heavy atom. The number of aryl methyl sites for hydroxylation is 1. The van der Waals surface area contributed by atoms with Gasteiger partial charge in [-0.3, -0.25) is 20.7 Å². The smallest absolute Gasteiger partial charge is 0.412 e. The third-order valence-corrected chi connectivity index (χ3v) is 2.19. The number of aromatic nitrogens is 1. The first-order valence-electron chi connectivity index (χ1n) is 7.25. The van der Waals surface area contributed by atoms with Crippen LogP contribution >= 0.6 is 0 Å². The highest BCUT2D eigenvalue weighted by Crippen LogP contribution is 2.29. The lowest BCUT2D eigenvalue weighted by Crippen LogP contribution is -2.17. The monoisotopic (exact) mass is 344 g/mol. The van der Waals surface area contributed by atoms with Crippen molar-refractivity contribution in [3.8, 4) is 0 Å². The van der Waals surface area contributed by atoms with E-state index in [1.165, 1.54) is 13.0 Å². The van der Waals surface area contributed by atoms with Crippen LogP contribution in [0.5, 0.6) is 0 Å². The summed E-state index contributed by atoms with van der Waals surface area (Å²) in [6.07, 6.45) is -1.72. The molecule has 0 unspecified atom stereocenters. The van der Waals surface area contributed by atoms with E-state index in [2.05, 4.69) is 25.1 Å². The minimum absolute atomic E-state index is 0.00801. The molecule has 0 aromatic carbocycles. The predicted molar refractivity (Wildman–Crippen MR) is 90.4 cm³/mol. The van der Waals surface area contributed by atoms with E-state index in [0.717, 1.165) is 14.2 Å². The zero-order chi connectivity index (χ0) is 19.3. The van der Waals surface area contributed by atoms with E-state index < -0.39 is 22.8 Å². The second kappa shape index (κ2) is 12.6. The summed E-state index contributed by atoms with van der Waals surface area (Å²) in [6, 6.07) is 1.28. The van der Waals surface area contributed by atoms with Crippen molar-refractivity contribution in [2.75, 3.05) is 24.9 Å². The van der Waals surface area contributed by atoms with E-state index in [0.29, 0.717) is 0 Å². The fraction of sp³-hybridized carbons (Fsp3) is 0.500. The number of ether oxygens (including phenoxy) is 2. The number of rotatable bonds is 3. The third kappa shape index (κ3) is 7.38. The second-order valence-electron chi connectivity index (χ2n) is 3.51. The van der Waals surface area contributed by atoms with E-state index in [1.54, 1.807) is 0 Å². The number of nitrogens with one attached hydrogen (secondary N) is 2. The molecule has 1 rings (SSSR count). The van der Waals surface area contributed by atoms with Gasteiger partial charge in [0.05, 0.1) is 19.1 Å². The number of carbonyl (C=O) groups is 2. The van der Waals surface area contributed by atoms with Gasteiger partial charge < -0.3 is 9.47 Å².